The Morgan fingerprint density at radius 3 is 2.86 bits per heavy atom. The van der Waals surface area contributed by atoms with Crippen LogP contribution in [0.5, 0.6) is 0 Å². The van der Waals surface area contributed by atoms with Crippen LogP contribution in [-0.4, -0.2) is 28.8 Å². The average molecular weight is 309 g/mol. The van der Waals surface area contributed by atoms with Crippen LogP contribution in [0, 0.1) is 0 Å². The van der Waals surface area contributed by atoms with Gasteiger partial charge >= 0.3 is 0 Å². The molecule has 2 atom stereocenters. The second-order valence-electron chi connectivity index (χ2n) is 5.49. The van der Waals surface area contributed by atoms with Gasteiger partial charge in [0.25, 0.3) is 0 Å². The first-order chi connectivity index (χ1) is 10.0. The van der Waals surface area contributed by atoms with E-state index in [0.717, 1.165) is 12.0 Å². The topological polar surface area (TPSA) is 49.4 Å². The van der Waals surface area contributed by atoms with Crippen LogP contribution in [0.25, 0.3) is 0 Å². The molecule has 114 valence electrons. The molecule has 0 radical (unpaired) electrons. The Morgan fingerprint density at radius 1 is 1.48 bits per heavy atom. The summed E-state index contributed by atoms with van der Waals surface area (Å²) in [5, 5.41) is 3.58. The van der Waals surface area contributed by atoms with Gasteiger partial charge in [-0.25, -0.2) is 0 Å². The molecule has 2 rings (SSSR count). The molecule has 1 heterocycles. The van der Waals surface area contributed by atoms with Gasteiger partial charge in [-0.15, -0.1) is 0 Å². The van der Waals surface area contributed by atoms with Crippen molar-refractivity contribution in [3.05, 3.63) is 34.9 Å². The van der Waals surface area contributed by atoms with E-state index in [-0.39, 0.29) is 23.9 Å². The van der Waals surface area contributed by atoms with Crippen molar-refractivity contribution in [2.75, 3.05) is 0 Å². The molecule has 1 aromatic carbocycles. The van der Waals surface area contributed by atoms with E-state index < -0.39 is 0 Å². The summed E-state index contributed by atoms with van der Waals surface area (Å²) in [6, 6.07) is 7.16. The van der Waals surface area contributed by atoms with Crippen molar-refractivity contribution in [1.82, 2.24) is 10.2 Å². The minimum absolute atomic E-state index is 0.0132. The highest BCUT2D eigenvalue weighted by molar-refractivity contribution is 6.31. The fourth-order valence-corrected chi connectivity index (χ4v) is 2.65. The summed E-state index contributed by atoms with van der Waals surface area (Å²) < 4.78 is 0. The fraction of sp³-hybridized carbons (Fsp3) is 0.500. The second kappa shape index (κ2) is 6.94. The number of benzene rings is 1. The van der Waals surface area contributed by atoms with E-state index in [4.69, 9.17) is 11.6 Å². The van der Waals surface area contributed by atoms with Crippen molar-refractivity contribution in [3.8, 4) is 0 Å². The molecular weight excluding hydrogens is 288 g/mol. The number of likely N-dealkylation sites (tertiary alicyclic amines) is 1. The quantitative estimate of drug-likeness (QED) is 0.909. The van der Waals surface area contributed by atoms with Crippen LogP contribution >= 0.6 is 11.6 Å². The highest BCUT2D eigenvalue weighted by Gasteiger charge is 2.36. The van der Waals surface area contributed by atoms with Crippen molar-refractivity contribution in [3.63, 3.8) is 0 Å². The summed E-state index contributed by atoms with van der Waals surface area (Å²) in [4.78, 5) is 26.0. The number of nitrogens with one attached hydrogen (secondary N) is 1. The number of carbonyl (C=O) groups excluding carboxylic acids is 2. The van der Waals surface area contributed by atoms with Gasteiger partial charge in [0.05, 0.1) is 0 Å². The molecule has 1 saturated heterocycles. The largest absolute Gasteiger partial charge is 0.352 e. The Morgan fingerprint density at radius 2 is 2.19 bits per heavy atom. The standard InChI is InChI=1S/C16H21ClN2O2/c1-3-11(2)18-16(21)14-8-9-15(20)19(14)10-12-6-4-5-7-13(12)17/h4-7,11,14H,3,8-10H2,1-2H3,(H,18,21). The van der Waals surface area contributed by atoms with Crippen LogP contribution in [-0.2, 0) is 16.1 Å². The van der Waals surface area contributed by atoms with Gasteiger partial charge in [0.1, 0.15) is 6.04 Å². The monoisotopic (exact) mass is 308 g/mol. The molecule has 2 amide bonds. The highest BCUT2D eigenvalue weighted by atomic mass is 35.5. The smallest absolute Gasteiger partial charge is 0.243 e. The molecular formula is C16H21ClN2O2. The number of amides is 2. The average Bonchev–Trinajstić information content (AvgIpc) is 2.82. The predicted octanol–water partition coefficient (Wildman–Crippen LogP) is 2.75. The van der Waals surface area contributed by atoms with Crippen molar-refractivity contribution < 1.29 is 9.59 Å². The molecule has 4 nitrogen and oxygen atoms in total. The molecule has 0 aliphatic carbocycles. The fourth-order valence-electron chi connectivity index (χ4n) is 2.46. The van der Waals surface area contributed by atoms with Crippen LogP contribution in [0.4, 0.5) is 0 Å². The van der Waals surface area contributed by atoms with Crippen molar-refractivity contribution in [1.29, 1.82) is 0 Å². The third-order valence-electron chi connectivity index (χ3n) is 3.93. The number of halogens is 1. The maximum atomic E-state index is 12.3. The molecule has 1 aromatic rings. The highest BCUT2D eigenvalue weighted by Crippen LogP contribution is 2.24. The molecule has 1 fully saturated rings. The minimum Gasteiger partial charge on any atom is -0.352 e. The third-order valence-corrected chi connectivity index (χ3v) is 4.30. The lowest BCUT2D eigenvalue weighted by molar-refractivity contribution is -0.136. The molecule has 0 bridgehead atoms. The molecule has 21 heavy (non-hydrogen) atoms. The van der Waals surface area contributed by atoms with Gasteiger partial charge in [-0.2, -0.15) is 0 Å². The van der Waals surface area contributed by atoms with Crippen molar-refractivity contribution in [2.24, 2.45) is 0 Å². The Hall–Kier alpha value is -1.55. The number of rotatable bonds is 5. The van der Waals surface area contributed by atoms with Gasteiger partial charge in [0, 0.05) is 24.0 Å². The first-order valence-corrected chi connectivity index (χ1v) is 7.74. The van der Waals surface area contributed by atoms with E-state index in [1.165, 1.54) is 0 Å². The summed E-state index contributed by atoms with van der Waals surface area (Å²) in [7, 11) is 0. The van der Waals surface area contributed by atoms with Gasteiger partial charge in [0.2, 0.25) is 11.8 Å². The summed E-state index contributed by atoms with van der Waals surface area (Å²) >= 11 is 6.15. The zero-order chi connectivity index (χ0) is 15.4. The van der Waals surface area contributed by atoms with Crippen LogP contribution in [0.1, 0.15) is 38.7 Å². The number of hydrogen-bond donors (Lipinski definition) is 1. The minimum atomic E-state index is -0.386. The Labute approximate surface area is 130 Å². The summed E-state index contributed by atoms with van der Waals surface area (Å²) in [6.07, 6.45) is 1.87. The summed E-state index contributed by atoms with van der Waals surface area (Å²) in [5.41, 5.74) is 0.871. The Bertz CT molecular complexity index is 533. The number of nitrogens with zero attached hydrogens (tertiary/aromatic N) is 1. The second-order valence-corrected chi connectivity index (χ2v) is 5.89. The zero-order valence-corrected chi connectivity index (χ0v) is 13.2. The Kier molecular flexibility index (Phi) is 5.23. The predicted molar refractivity (Wildman–Crippen MR) is 82.9 cm³/mol. The molecule has 0 aromatic heterocycles. The maximum Gasteiger partial charge on any atom is 0.243 e. The zero-order valence-electron chi connectivity index (χ0n) is 12.4. The van der Waals surface area contributed by atoms with E-state index >= 15 is 0 Å². The number of hydrogen-bond acceptors (Lipinski definition) is 2. The first kappa shape index (κ1) is 15.8. The van der Waals surface area contributed by atoms with Gasteiger partial charge in [-0.05, 0) is 31.4 Å². The van der Waals surface area contributed by atoms with Gasteiger partial charge in [0.15, 0.2) is 0 Å². The maximum absolute atomic E-state index is 12.3. The van der Waals surface area contributed by atoms with Crippen LogP contribution in [0.15, 0.2) is 24.3 Å². The molecule has 0 spiro atoms. The summed E-state index contributed by atoms with van der Waals surface area (Å²) in [6.45, 7) is 4.37. The lowest BCUT2D eigenvalue weighted by Crippen LogP contribution is -2.46. The van der Waals surface area contributed by atoms with E-state index in [0.29, 0.717) is 24.4 Å². The normalized spacial score (nSPS) is 19.7. The van der Waals surface area contributed by atoms with Gasteiger partial charge < -0.3 is 10.2 Å². The van der Waals surface area contributed by atoms with Crippen molar-refractivity contribution in [2.45, 2.75) is 51.7 Å². The van der Waals surface area contributed by atoms with Crippen LogP contribution < -0.4 is 5.32 Å². The molecule has 0 saturated carbocycles. The first-order valence-electron chi connectivity index (χ1n) is 7.36. The molecule has 5 heteroatoms. The molecule has 1 N–H and O–H groups in total. The summed E-state index contributed by atoms with van der Waals surface area (Å²) in [5.74, 6) is -0.0542. The van der Waals surface area contributed by atoms with E-state index in [2.05, 4.69) is 5.32 Å². The van der Waals surface area contributed by atoms with Gasteiger partial charge in [-0.3, -0.25) is 9.59 Å². The van der Waals surface area contributed by atoms with Crippen LogP contribution in [0.2, 0.25) is 5.02 Å². The number of carbonyl (C=O) groups is 2. The van der Waals surface area contributed by atoms with Crippen molar-refractivity contribution >= 4 is 23.4 Å². The SMILES string of the molecule is CCC(C)NC(=O)C1CCC(=O)N1Cc1ccccc1Cl. The molecule has 1 aliphatic rings. The Balaban J connectivity index is 2.10. The molecule has 2 unspecified atom stereocenters. The lowest BCUT2D eigenvalue weighted by atomic mass is 10.1. The van der Waals surface area contributed by atoms with Crippen LogP contribution in [0.3, 0.4) is 0 Å². The lowest BCUT2D eigenvalue weighted by Gasteiger charge is -2.25. The van der Waals surface area contributed by atoms with E-state index in [9.17, 15) is 9.59 Å². The van der Waals surface area contributed by atoms with E-state index in [1.54, 1.807) is 11.0 Å². The molecule has 1 aliphatic heterocycles. The van der Waals surface area contributed by atoms with Gasteiger partial charge in [-0.1, -0.05) is 36.7 Å². The third kappa shape index (κ3) is 3.76. The van der Waals surface area contributed by atoms with E-state index in [1.807, 2.05) is 32.0 Å².